The predicted octanol–water partition coefficient (Wildman–Crippen LogP) is 2.13. The number of anilines is 1. The third-order valence-electron chi connectivity index (χ3n) is 5.85. The number of thiazole rings is 1. The molecule has 3 heterocycles. The first-order valence-corrected chi connectivity index (χ1v) is 11.9. The lowest BCUT2D eigenvalue weighted by molar-refractivity contribution is -0.746. The highest BCUT2D eigenvalue weighted by molar-refractivity contribution is 7.21. The van der Waals surface area contributed by atoms with Crippen LogP contribution in [0.15, 0.2) is 51.8 Å². The van der Waals surface area contributed by atoms with Crippen LogP contribution in [-0.2, 0) is 27.9 Å². The number of ether oxygens (including phenoxy) is 1. The minimum Gasteiger partial charge on any atom is -0.366 e. The lowest BCUT2D eigenvalue weighted by Crippen LogP contribution is -2.50. The molecule has 2 N–H and O–H groups in total. The molecule has 1 unspecified atom stereocenters. The zero-order chi connectivity index (χ0) is 24.5. The molecule has 1 saturated heterocycles. The third-order valence-corrected chi connectivity index (χ3v) is 6.92. The Balaban J connectivity index is 1.21. The number of fused-ring (bicyclic) bond motifs is 1. The number of hydrogen-bond donors (Lipinski definition) is 2. The minimum absolute atomic E-state index is 0.0788. The molecule has 1 aliphatic heterocycles. The summed E-state index contributed by atoms with van der Waals surface area (Å²) < 4.78 is 12.8. The Morgan fingerprint density at radius 2 is 2.06 bits per heavy atom. The van der Waals surface area contributed by atoms with E-state index in [-0.39, 0.29) is 31.4 Å². The SMILES string of the molecule is Cc1ccc2nc(-c3ccc(NC(=O)CC4OCCN(Cc5c(=O)o[nH][n+]5C)C4=O)cc3)sc2c1. The van der Waals surface area contributed by atoms with E-state index < -0.39 is 11.7 Å². The van der Waals surface area contributed by atoms with Crippen molar-refractivity contribution in [1.82, 2.24) is 15.2 Å². The molecule has 10 nitrogen and oxygen atoms in total. The van der Waals surface area contributed by atoms with Crippen molar-refractivity contribution in [2.75, 3.05) is 18.5 Å². The molecule has 0 spiro atoms. The molecule has 4 aromatic rings. The monoisotopic (exact) mass is 494 g/mol. The molecule has 2 aromatic carbocycles. The highest BCUT2D eigenvalue weighted by atomic mass is 32.1. The standard InChI is InChI=1S/C24H23N5O5S/c1-14-3-8-17-20(11-14)35-22(26-17)15-4-6-16(7-5-15)25-21(30)12-19-23(31)29(9-10-33-19)13-18-24(32)34-27-28(18)2/h3-8,11,19H,9-10,12-13H2,1-2H3,(H-,25,26,27,30,32)/p+1. The van der Waals surface area contributed by atoms with Crippen molar-refractivity contribution < 1.29 is 23.5 Å². The number of nitrogens with zero attached hydrogens (tertiary/aromatic N) is 3. The molecule has 1 aliphatic rings. The molecule has 2 aromatic heterocycles. The van der Waals surface area contributed by atoms with Gasteiger partial charge in [-0.1, -0.05) is 10.7 Å². The number of H-pyrrole nitrogens is 1. The number of aromatic amines is 1. The van der Waals surface area contributed by atoms with Crippen molar-refractivity contribution >= 4 is 39.1 Å². The summed E-state index contributed by atoms with van der Waals surface area (Å²) in [4.78, 5) is 43.4. The van der Waals surface area contributed by atoms with E-state index in [1.165, 1.54) is 15.1 Å². The number of rotatable bonds is 6. The van der Waals surface area contributed by atoms with Gasteiger partial charge >= 0.3 is 11.3 Å². The molecule has 0 aliphatic carbocycles. The summed E-state index contributed by atoms with van der Waals surface area (Å²) in [6, 6.07) is 13.6. The average Bonchev–Trinajstić information content (AvgIpc) is 3.40. The van der Waals surface area contributed by atoms with Gasteiger partial charge in [-0.05, 0) is 54.2 Å². The van der Waals surface area contributed by atoms with Crippen LogP contribution in [-0.4, -0.2) is 46.2 Å². The van der Waals surface area contributed by atoms with Crippen LogP contribution in [0.1, 0.15) is 17.7 Å². The fourth-order valence-electron chi connectivity index (χ4n) is 3.94. The normalized spacial score (nSPS) is 16.1. The fourth-order valence-corrected chi connectivity index (χ4v) is 5.01. The highest BCUT2D eigenvalue weighted by Crippen LogP contribution is 2.31. The summed E-state index contributed by atoms with van der Waals surface area (Å²) in [5.41, 5.74) is 3.51. The molecular formula is C24H24N5O5S+. The van der Waals surface area contributed by atoms with Crippen LogP contribution in [0.3, 0.4) is 0 Å². The van der Waals surface area contributed by atoms with E-state index in [4.69, 9.17) is 9.26 Å². The maximum absolute atomic E-state index is 12.8. The van der Waals surface area contributed by atoms with Crippen LogP contribution in [0.4, 0.5) is 5.69 Å². The number of carbonyl (C=O) groups excluding carboxylic acids is 2. The van der Waals surface area contributed by atoms with Crippen molar-refractivity contribution in [3.05, 3.63) is 64.1 Å². The molecule has 5 rings (SSSR count). The molecule has 1 fully saturated rings. The van der Waals surface area contributed by atoms with Gasteiger partial charge in [-0.3, -0.25) is 14.1 Å². The van der Waals surface area contributed by atoms with Crippen LogP contribution in [0.2, 0.25) is 0 Å². The second-order valence-corrected chi connectivity index (χ2v) is 9.46. The number of carbonyl (C=O) groups is 2. The van der Waals surface area contributed by atoms with E-state index >= 15 is 0 Å². The third kappa shape index (κ3) is 4.86. The lowest BCUT2D eigenvalue weighted by Gasteiger charge is -2.30. The maximum Gasteiger partial charge on any atom is 0.431 e. The molecule has 180 valence electrons. The number of morpholine rings is 1. The lowest BCUT2D eigenvalue weighted by atomic mass is 10.1. The summed E-state index contributed by atoms with van der Waals surface area (Å²) in [5, 5.41) is 6.16. The van der Waals surface area contributed by atoms with Gasteiger partial charge in [-0.2, -0.15) is 0 Å². The summed E-state index contributed by atoms with van der Waals surface area (Å²) in [6.07, 6.45) is -1.03. The van der Waals surface area contributed by atoms with Crippen molar-refractivity contribution in [2.45, 2.75) is 26.0 Å². The zero-order valence-electron chi connectivity index (χ0n) is 19.2. The first kappa shape index (κ1) is 22.9. The number of nitrogens with one attached hydrogen (secondary N) is 2. The predicted molar refractivity (Wildman–Crippen MR) is 129 cm³/mol. The Bertz CT molecular complexity index is 1460. The Morgan fingerprint density at radius 3 is 2.80 bits per heavy atom. The van der Waals surface area contributed by atoms with Gasteiger partial charge in [0.25, 0.3) is 5.91 Å². The number of aryl methyl sites for hydroxylation is 2. The molecule has 0 radical (unpaired) electrons. The van der Waals surface area contributed by atoms with E-state index in [1.54, 1.807) is 18.4 Å². The number of benzene rings is 2. The van der Waals surface area contributed by atoms with Gasteiger partial charge in [0.05, 0.1) is 23.2 Å². The second kappa shape index (κ2) is 9.43. The van der Waals surface area contributed by atoms with E-state index in [2.05, 4.69) is 28.6 Å². The smallest absolute Gasteiger partial charge is 0.366 e. The second-order valence-electron chi connectivity index (χ2n) is 8.43. The summed E-state index contributed by atoms with van der Waals surface area (Å²) in [7, 11) is 1.62. The largest absolute Gasteiger partial charge is 0.431 e. The first-order chi connectivity index (χ1) is 16.9. The van der Waals surface area contributed by atoms with Crippen LogP contribution >= 0.6 is 11.3 Å². The van der Waals surface area contributed by atoms with E-state index in [9.17, 15) is 14.4 Å². The van der Waals surface area contributed by atoms with Crippen molar-refractivity contribution in [3.63, 3.8) is 0 Å². The van der Waals surface area contributed by atoms with Crippen molar-refractivity contribution in [2.24, 2.45) is 7.05 Å². The van der Waals surface area contributed by atoms with Crippen molar-refractivity contribution in [3.8, 4) is 10.6 Å². The van der Waals surface area contributed by atoms with E-state index in [1.807, 2.05) is 36.4 Å². The molecule has 0 saturated carbocycles. The molecule has 1 atom stereocenters. The fraction of sp³-hybridized carbons (Fsp3) is 0.292. The summed E-state index contributed by atoms with van der Waals surface area (Å²) in [6.45, 7) is 2.74. The Kier molecular flexibility index (Phi) is 6.18. The van der Waals surface area contributed by atoms with Crippen LogP contribution in [0, 0.1) is 6.92 Å². The van der Waals surface area contributed by atoms with Gasteiger partial charge in [0.2, 0.25) is 5.91 Å². The van der Waals surface area contributed by atoms with Gasteiger partial charge in [0.1, 0.15) is 17.7 Å². The topological polar surface area (TPSA) is 121 Å². The quantitative estimate of drug-likeness (QED) is 0.396. The maximum atomic E-state index is 12.8. The van der Waals surface area contributed by atoms with Gasteiger partial charge in [-0.15, -0.1) is 11.3 Å². The molecular weight excluding hydrogens is 470 g/mol. The number of amides is 2. The van der Waals surface area contributed by atoms with E-state index in [0.717, 1.165) is 20.8 Å². The highest BCUT2D eigenvalue weighted by Gasteiger charge is 2.34. The molecule has 2 amide bonds. The number of aromatic nitrogens is 3. The van der Waals surface area contributed by atoms with E-state index in [0.29, 0.717) is 17.9 Å². The Hall–Kier alpha value is -3.83. The molecule has 0 bridgehead atoms. The van der Waals surface area contributed by atoms with Crippen LogP contribution in [0.25, 0.3) is 20.8 Å². The van der Waals surface area contributed by atoms with Crippen molar-refractivity contribution in [1.29, 1.82) is 0 Å². The first-order valence-electron chi connectivity index (χ1n) is 11.1. The van der Waals surface area contributed by atoms with Gasteiger partial charge < -0.3 is 15.0 Å². The molecule has 11 heteroatoms. The Labute approximate surface area is 204 Å². The number of hydrogen-bond acceptors (Lipinski definition) is 7. The minimum atomic E-state index is -0.912. The van der Waals surface area contributed by atoms with Gasteiger partial charge in [-0.25, -0.2) is 9.78 Å². The van der Waals surface area contributed by atoms with Crippen LogP contribution in [0.5, 0.6) is 0 Å². The average molecular weight is 495 g/mol. The van der Waals surface area contributed by atoms with Crippen LogP contribution < -0.4 is 15.6 Å². The summed E-state index contributed by atoms with van der Waals surface area (Å²) in [5.74, 6) is -0.673. The zero-order valence-corrected chi connectivity index (χ0v) is 20.1. The Morgan fingerprint density at radius 1 is 1.26 bits per heavy atom. The summed E-state index contributed by atoms with van der Waals surface area (Å²) >= 11 is 1.62. The molecule has 35 heavy (non-hydrogen) atoms. The van der Waals surface area contributed by atoms with Gasteiger partial charge in [0.15, 0.2) is 7.05 Å². The van der Waals surface area contributed by atoms with Gasteiger partial charge in [0, 0.05) is 17.8 Å².